The van der Waals surface area contributed by atoms with Crippen LogP contribution in [0.4, 0.5) is 21.9 Å². The number of ether oxygens (including phenoxy) is 1. The third-order valence-corrected chi connectivity index (χ3v) is 5.64. The van der Waals surface area contributed by atoms with Crippen LogP contribution in [0.2, 0.25) is 0 Å². The van der Waals surface area contributed by atoms with Gasteiger partial charge in [-0.15, -0.1) is 0 Å². The van der Waals surface area contributed by atoms with E-state index < -0.39 is 22.4 Å². The maximum atomic E-state index is 13.8. The third-order valence-electron chi connectivity index (χ3n) is 3.94. The number of carbonyl (C=O) groups is 1. The zero-order chi connectivity index (χ0) is 20.9. The SMILES string of the molecule is CC(C)OC(=O)N(c1ccccc1)S(=O)(=O)N(c1ccccc1)c1ccccc1. The molecule has 0 N–H and O–H groups in total. The lowest BCUT2D eigenvalue weighted by atomic mass is 10.3. The molecule has 0 aromatic heterocycles. The van der Waals surface area contributed by atoms with Gasteiger partial charge in [0.1, 0.15) is 0 Å². The monoisotopic (exact) mass is 410 g/mol. The molecule has 0 aliphatic rings. The predicted octanol–water partition coefficient (Wildman–Crippen LogP) is 5.12. The molecule has 0 aliphatic carbocycles. The lowest BCUT2D eigenvalue weighted by Crippen LogP contribution is -2.46. The highest BCUT2D eigenvalue weighted by molar-refractivity contribution is 7.95. The standard InChI is InChI=1S/C22H22N2O4S/c1-18(2)28-22(25)24(21-16-10-5-11-17-21)29(26,27)23(19-12-6-3-7-13-19)20-14-8-4-9-15-20/h3-18H,1-2H3. The average Bonchev–Trinajstić information content (AvgIpc) is 2.69. The number of hydrogen-bond donors (Lipinski definition) is 0. The van der Waals surface area contributed by atoms with Gasteiger partial charge in [-0.1, -0.05) is 54.6 Å². The second kappa shape index (κ2) is 8.79. The van der Waals surface area contributed by atoms with Crippen LogP contribution in [0.1, 0.15) is 13.8 Å². The van der Waals surface area contributed by atoms with Gasteiger partial charge in [0.05, 0.1) is 23.2 Å². The van der Waals surface area contributed by atoms with Crippen molar-refractivity contribution in [2.45, 2.75) is 20.0 Å². The molecule has 0 unspecified atom stereocenters. The highest BCUT2D eigenvalue weighted by Crippen LogP contribution is 2.32. The van der Waals surface area contributed by atoms with Gasteiger partial charge in [-0.25, -0.2) is 9.10 Å². The molecule has 0 saturated carbocycles. The fourth-order valence-corrected chi connectivity index (χ4v) is 4.33. The van der Waals surface area contributed by atoms with Crippen LogP contribution < -0.4 is 8.61 Å². The molecule has 0 bridgehead atoms. The molecular weight excluding hydrogens is 388 g/mol. The molecule has 6 nitrogen and oxygen atoms in total. The van der Waals surface area contributed by atoms with Crippen molar-refractivity contribution in [2.75, 3.05) is 8.61 Å². The molecule has 0 atom stereocenters. The molecular formula is C22H22N2O4S. The fourth-order valence-electron chi connectivity index (χ4n) is 2.77. The van der Waals surface area contributed by atoms with Crippen molar-refractivity contribution < 1.29 is 17.9 Å². The minimum atomic E-state index is -4.38. The quantitative estimate of drug-likeness (QED) is 0.566. The molecule has 3 rings (SSSR count). The number of carbonyl (C=O) groups excluding carboxylic acids is 1. The van der Waals surface area contributed by atoms with Crippen molar-refractivity contribution in [1.82, 2.24) is 0 Å². The average molecular weight is 410 g/mol. The lowest BCUT2D eigenvalue weighted by Gasteiger charge is -2.31. The first-order valence-electron chi connectivity index (χ1n) is 9.12. The van der Waals surface area contributed by atoms with Crippen molar-refractivity contribution in [3.63, 3.8) is 0 Å². The summed E-state index contributed by atoms with van der Waals surface area (Å²) < 4.78 is 34.7. The molecule has 7 heteroatoms. The first kappa shape index (κ1) is 20.4. The van der Waals surface area contributed by atoms with Gasteiger partial charge in [-0.3, -0.25) is 0 Å². The Morgan fingerprint density at radius 2 is 1.10 bits per heavy atom. The van der Waals surface area contributed by atoms with Crippen LogP contribution in [0.15, 0.2) is 91.0 Å². The van der Waals surface area contributed by atoms with E-state index in [4.69, 9.17) is 4.74 Å². The second-order valence-corrected chi connectivity index (χ2v) is 8.10. The normalized spacial score (nSPS) is 11.1. The largest absolute Gasteiger partial charge is 0.446 e. The van der Waals surface area contributed by atoms with Crippen LogP contribution in [0, 0.1) is 0 Å². The predicted molar refractivity (Wildman–Crippen MR) is 114 cm³/mol. The number of benzene rings is 3. The summed E-state index contributed by atoms with van der Waals surface area (Å²) in [5.41, 5.74) is 0.990. The highest BCUT2D eigenvalue weighted by atomic mass is 32.2. The summed E-state index contributed by atoms with van der Waals surface area (Å²) in [5, 5.41) is 0. The number of rotatable bonds is 6. The van der Waals surface area contributed by atoms with E-state index in [0.29, 0.717) is 15.7 Å². The fraction of sp³-hybridized carbons (Fsp3) is 0.136. The third kappa shape index (κ3) is 4.57. The van der Waals surface area contributed by atoms with Gasteiger partial charge in [0.25, 0.3) is 0 Å². The summed E-state index contributed by atoms with van der Waals surface area (Å²) in [4.78, 5) is 12.9. The van der Waals surface area contributed by atoms with E-state index in [1.54, 1.807) is 105 Å². The van der Waals surface area contributed by atoms with Gasteiger partial charge in [0.2, 0.25) is 0 Å². The minimum Gasteiger partial charge on any atom is -0.446 e. The first-order chi connectivity index (χ1) is 13.9. The summed E-state index contributed by atoms with van der Waals surface area (Å²) in [5.74, 6) is 0. The molecule has 0 saturated heterocycles. The Labute approximate surface area is 171 Å². The molecule has 1 amide bonds. The topological polar surface area (TPSA) is 66.9 Å². The summed E-state index contributed by atoms with van der Waals surface area (Å²) in [6.07, 6.45) is -1.45. The molecule has 0 heterocycles. The van der Waals surface area contributed by atoms with Crippen LogP contribution in [-0.4, -0.2) is 20.6 Å². The Morgan fingerprint density at radius 1 is 0.724 bits per heavy atom. The van der Waals surface area contributed by atoms with Crippen molar-refractivity contribution >= 4 is 33.4 Å². The van der Waals surface area contributed by atoms with Crippen molar-refractivity contribution in [3.05, 3.63) is 91.0 Å². The molecule has 3 aromatic carbocycles. The number of nitrogens with zero attached hydrogens (tertiary/aromatic N) is 2. The molecule has 0 fully saturated rings. The summed E-state index contributed by atoms with van der Waals surface area (Å²) in [6.45, 7) is 3.33. The van der Waals surface area contributed by atoms with E-state index in [9.17, 15) is 13.2 Å². The zero-order valence-corrected chi connectivity index (χ0v) is 17.0. The van der Waals surface area contributed by atoms with Crippen LogP contribution >= 0.6 is 0 Å². The molecule has 0 radical (unpaired) electrons. The Bertz CT molecular complexity index is 1000. The Kier molecular flexibility index (Phi) is 6.19. The first-order valence-corrected chi connectivity index (χ1v) is 10.5. The highest BCUT2D eigenvalue weighted by Gasteiger charge is 2.37. The van der Waals surface area contributed by atoms with Crippen LogP contribution in [0.5, 0.6) is 0 Å². The van der Waals surface area contributed by atoms with Crippen molar-refractivity contribution in [2.24, 2.45) is 0 Å². The van der Waals surface area contributed by atoms with E-state index in [0.717, 1.165) is 4.31 Å². The van der Waals surface area contributed by atoms with Gasteiger partial charge in [-0.2, -0.15) is 12.7 Å². The Balaban J connectivity index is 2.19. The van der Waals surface area contributed by atoms with Gasteiger partial charge in [-0.05, 0) is 50.2 Å². The van der Waals surface area contributed by atoms with Gasteiger partial charge < -0.3 is 4.74 Å². The van der Waals surface area contributed by atoms with Gasteiger partial charge >= 0.3 is 16.3 Å². The van der Waals surface area contributed by atoms with E-state index in [1.165, 1.54) is 0 Å². The zero-order valence-electron chi connectivity index (χ0n) is 16.2. The second-order valence-electron chi connectivity index (χ2n) is 6.48. The number of para-hydroxylation sites is 3. The van der Waals surface area contributed by atoms with E-state index >= 15 is 0 Å². The molecule has 29 heavy (non-hydrogen) atoms. The molecule has 0 spiro atoms. The molecule has 3 aromatic rings. The van der Waals surface area contributed by atoms with Crippen LogP contribution in [-0.2, 0) is 14.9 Å². The van der Waals surface area contributed by atoms with Gasteiger partial charge in [0.15, 0.2) is 0 Å². The maximum Gasteiger partial charge on any atom is 0.430 e. The van der Waals surface area contributed by atoms with E-state index in [-0.39, 0.29) is 5.69 Å². The number of anilines is 3. The van der Waals surface area contributed by atoms with E-state index in [1.807, 2.05) is 0 Å². The maximum absolute atomic E-state index is 13.8. The minimum absolute atomic E-state index is 0.190. The smallest absolute Gasteiger partial charge is 0.430 e. The van der Waals surface area contributed by atoms with Crippen molar-refractivity contribution in [3.8, 4) is 0 Å². The summed E-state index contributed by atoms with van der Waals surface area (Å²) in [6, 6.07) is 25.4. The van der Waals surface area contributed by atoms with E-state index in [2.05, 4.69) is 0 Å². The van der Waals surface area contributed by atoms with Crippen LogP contribution in [0.25, 0.3) is 0 Å². The Morgan fingerprint density at radius 3 is 1.48 bits per heavy atom. The summed E-state index contributed by atoms with van der Waals surface area (Å²) in [7, 11) is -4.38. The Hall–Kier alpha value is -3.32. The molecule has 150 valence electrons. The number of hydrogen-bond acceptors (Lipinski definition) is 4. The molecule has 0 aliphatic heterocycles. The van der Waals surface area contributed by atoms with Crippen LogP contribution in [0.3, 0.4) is 0 Å². The lowest BCUT2D eigenvalue weighted by molar-refractivity contribution is 0.126. The van der Waals surface area contributed by atoms with Crippen molar-refractivity contribution in [1.29, 1.82) is 0 Å². The summed E-state index contributed by atoms with van der Waals surface area (Å²) >= 11 is 0. The number of amides is 1. The van der Waals surface area contributed by atoms with Gasteiger partial charge in [0, 0.05) is 0 Å².